The number of benzene rings is 2. The molecule has 0 radical (unpaired) electrons. The smallest absolute Gasteiger partial charge is 0.323 e. The van der Waals surface area contributed by atoms with Crippen LogP contribution in [0.2, 0.25) is 5.02 Å². The van der Waals surface area contributed by atoms with Crippen molar-refractivity contribution in [1.82, 2.24) is 5.32 Å². The first-order valence-electron chi connectivity index (χ1n) is 7.63. The minimum absolute atomic E-state index is 0.142. The van der Waals surface area contributed by atoms with E-state index in [1.165, 1.54) is 25.3 Å². The van der Waals surface area contributed by atoms with Crippen LogP contribution in [0, 0.1) is 5.82 Å². The zero-order valence-electron chi connectivity index (χ0n) is 13.9. The van der Waals surface area contributed by atoms with E-state index in [2.05, 4.69) is 16.0 Å². The molecule has 7 nitrogen and oxygen atoms in total. The first-order valence-corrected chi connectivity index (χ1v) is 8.01. The van der Waals surface area contributed by atoms with Gasteiger partial charge in [0.1, 0.15) is 11.6 Å². The summed E-state index contributed by atoms with van der Waals surface area (Å²) in [5.74, 6) is -0.539. The molecule has 5 N–H and O–H groups in total. The van der Waals surface area contributed by atoms with Gasteiger partial charge in [-0.05, 0) is 30.3 Å². The van der Waals surface area contributed by atoms with Gasteiger partial charge in [0.2, 0.25) is 0 Å². The summed E-state index contributed by atoms with van der Waals surface area (Å²) in [6, 6.07) is 7.55. The minimum Gasteiger partial charge on any atom is -0.497 e. The van der Waals surface area contributed by atoms with Gasteiger partial charge in [0, 0.05) is 29.9 Å². The highest BCUT2D eigenvalue weighted by molar-refractivity contribution is 6.31. The molecule has 0 spiro atoms. The van der Waals surface area contributed by atoms with Crippen molar-refractivity contribution in [2.45, 2.75) is 0 Å². The molecule has 2 aromatic rings. The number of methoxy groups -OCH3 is 1. The fourth-order valence-corrected chi connectivity index (χ4v) is 2.37. The highest BCUT2D eigenvalue weighted by Crippen LogP contribution is 2.23. The number of hydrogen-bond donors (Lipinski definition) is 4. The average Bonchev–Trinajstić information content (AvgIpc) is 2.58. The summed E-state index contributed by atoms with van der Waals surface area (Å²) in [4.78, 5) is 24.4. The van der Waals surface area contributed by atoms with Crippen molar-refractivity contribution in [3.63, 3.8) is 0 Å². The second kappa shape index (κ2) is 9.02. The maximum absolute atomic E-state index is 13.4. The van der Waals surface area contributed by atoms with E-state index in [0.717, 1.165) is 12.1 Å². The predicted molar refractivity (Wildman–Crippen MR) is 98.4 cm³/mol. The summed E-state index contributed by atoms with van der Waals surface area (Å²) in [6.45, 7) is 0.573. The lowest BCUT2D eigenvalue weighted by molar-refractivity contribution is 0.0955. The van der Waals surface area contributed by atoms with E-state index in [9.17, 15) is 14.0 Å². The molecular formula is C17H18ClFN4O3. The van der Waals surface area contributed by atoms with Gasteiger partial charge in [-0.2, -0.15) is 0 Å². The van der Waals surface area contributed by atoms with Crippen molar-refractivity contribution >= 4 is 34.9 Å². The van der Waals surface area contributed by atoms with Crippen molar-refractivity contribution < 1.29 is 18.7 Å². The number of rotatable bonds is 6. The van der Waals surface area contributed by atoms with E-state index in [1.807, 2.05) is 0 Å². The van der Waals surface area contributed by atoms with Crippen LogP contribution in [0.15, 0.2) is 36.4 Å². The molecule has 0 saturated carbocycles. The lowest BCUT2D eigenvalue weighted by atomic mass is 10.1. The Morgan fingerprint density at radius 2 is 1.96 bits per heavy atom. The minimum atomic E-state index is -0.673. The number of ether oxygens (including phenoxy) is 1. The quantitative estimate of drug-likeness (QED) is 0.618. The Bertz CT molecular complexity index is 796. The predicted octanol–water partition coefficient (Wildman–Crippen LogP) is 2.82. The van der Waals surface area contributed by atoms with Crippen LogP contribution < -0.4 is 26.4 Å². The van der Waals surface area contributed by atoms with Crippen molar-refractivity contribution in [1.29, 1.82) is 0 Å². The second-order valence-electron chi connectivity index (χ2n) is 5.19. The molecule has 3 amide bonds. The first-order chi connectivity index (χ1) is 12.4. The largest absolute Gasteiger partial charge is 0.497 e. The van der Waals surface area contributed by atoms with Crippen molar-refractivity contribution in [3.8, 4) is 5.75 Å². The van der Waals surface area contributed by atoms with Gasteiger partial charge >= 0.3 is 6.03 Å². The molecule has 9 heteroatoms. The SMILES string of the molecule is COc1ccc(C(=O)NCCN)c(NC(=O)Nc2cc(F)cc(Cl)c2)c1. The second-order valence-corrected chi connectivity index (χ2v) is 5.63. The molecule has 0 saturated heterocycles. The molecule has 0 aliphatic rings. The Kier molecular flexibility index (Phi) is 6.76. The molecular weight excluding hydrogens is 363 g/mol. The number of nitrogens with two attached hydrogens (primary N) is 1. The average molecular weight is 381 g/mol. The highest BCUT2D eigenvalue weighted by Gasteiger charge is 2.15. The summed E-state index contributed by atoms with van der Waals surface area (Å²) >= 11 is 5.76. The standard InChI is InChI=1S/C17H18ClFN4O3/c1-26-13-2-3-14(16(24)21-5-4-20)15(9-13)23-17(25)22-12-7-10(18)6-11(19)8-12/h2-3,6-9H,4-5,20H2,1H3,(H,21,24)(H2,22,23,25). The maximum Gasteiger partial charge on any atom is 0.323 e. The van der Waals surface area contributed by atoms with Crippen LogP contribution in [0.5, 0.6) is 5.75 Å². The number of hydrogen-bond acceptors (Lipinski definition) is 4. The van der Waals surface area contributed by atoms with Crippen LogP contribution in [0.25, 0.3) is 0 Å². The van der Waals surface area contributed by atoms with Gasteiger partial charge in [0.25, 0.3) is 5.91 Å². The van der Waals surface area contributed by atoms with Gasteiger partial charge in [-0.25, -0.2) is 9.18 Å². The molecule has 2 rings (SSSR count). The fraction of sp³-hybridized carbons (Fsp3) is 0.176. The Morgan fingerprint density at radius 1 is 1.19 bits per heavy atom. The van der Waals surface area contributed by atoms with Crippen LogP contribution in [0.3, 0.4) is 0 Å². The number of anilines is 2. The van der Waals surface area contributed by atoms with E-state index in [1.54, 1.807) is 6.07 Å². The van der Waals surface area contributed by atoms with Gasteiger partial charge in [0.15, 0.2) is 0 Å². The van der Waals surface area contributed by atoms with Crippen LogP contribution in [0.4, 0.5) is 20.6 Å². The normalized spacial score (nSPS) is 10.2. The lowest BCUT2D eigenvalue weighted by Gasteiger charge is -2.13. The summed E-state index contributed by atoms with van der Waals surface area (Å²) in [7, 11) is 1.46. The van der Waals surface area contributed by atoms with E-state index in [-0.39, 0.29) is 35.1 Å². The van der Waals surface area contributed by atoms with Crippen LogP contribution in [-0.4, -0.2) is 32.1 Å². The third-order valence-corrected chi connectivity index (χ3v) is 3.49. The number of nitrogens with one attached hydrogen (secondary N) is 3. The van der Waals surface area contributed by atoms with Gasteiger partial charge in [-0.3, -0.25) is 4.79 Å². The Labute approximate surface area is 154 Å². The number of halogens is 2. The summed E-state index contributed by atoms with van der Waals surface area (Å²) in [5, 5.41) is 7.76. The third-order valence-electron chi connectivity index (χ3n) is 3.27. The maximum atomic E-state index is 13.4. The van der Waals surface area contributed by atoms with Crippen LogP contribution >= 0.6 is 11.6 Å². The molecule has 0 fully saturated rings. The number of amides is 3. The Balaban J connectivity index is 2.20. The lowest BCUT2D eigenvalue weighted by Crippen LogP contribution is -2.30. The van der Waals surface area contributed by atoms with Crippen molar-refractivity contribution in [2.24, 2.45) is 5.73 Å². The molecule has 2 aromatic carbocycles. The zero-order valence-corrected chi connectivity index (χ0v) is 14.7. The Morgan fingerprint density at radius 3 is 2.62 bits per heavy atom. The van der Waals surface area contributed by atoms with Crippen molar-refractivity contribution in [2.75, 3.05) is 30.8 Å². The monoisotopic (exact) mass is 380 g/mol. The molecule has 0 atom stereocenters. The zero-order chi connectivity index (χ0) is 19.1. The van der Waals surface area contributed by atoms with Gasteiger partial charge in [0.05, 0.1) is 18.4 Å². The number of carbonyl (C=O) groups excluding carboxylic acids is 2. The van der Waals surface area contributed by atoms with E-state index in [4.69, 9.17) is 22.1 Å². The van der Waals surface area contributed by atoms with Gasteiger partial charge in [-0.1, -0.05) is 11.6 Å². The molecule has 0 bridgehead atoms. The van der Waals surface area contributed by atoms with Gasteiger partial charge < -0.3 is 26.4 Å². The van der Waals surface area contributed by atoms with Crippen LogP contribution in [-0.2, 0) is 0 Å². The summed E-state index contributed by atoms with van der Waals surface area (Å²) in [5.41, 5.74) is 5.99. The molecule has 0 aliphatic heterocycles. The molecule has 138 valence electrons. The summed E-state index contributed by atoms with van der Waals surface area (Å²) in [6.07, 6.45) is 0. The van der Waals surface area contributed by atoms with E-state index in [0.29, 0.717) is 5.75 Å². The number of carbonyl (C=O) groups is 2. The third kappa shape index (κ3) is 5.33. The first kappa shape index (κ1) is 19.5. The topological polar surface area (TPSA) is 105 Å². The van der Waals surface area contributed by atoms with E-state index >= 15 is 0 Å². The van der Waals surface area contributed by atoms with Crippen molar-refractivity contribution in [3.05, 3.63) is 52.8 Å². The molecule has 0 aromatic heterocycles. The van der Waals surface area contributed by atoms with Crippen LogP contribution in [0.1, 0.15) is 10.4 Å². The molecule has 0 unspecified atom stereocenters. The fourth-order valence-electron chi connectivity index (χ4n) is 2.14. The number of urea groups is 1. The molecule has 0 aliphatic carbocycles. The molecule has 26 heavy (non-hydrogen) atoms. The highest BCUT2D eigenvalue weighted by atomic mass is 35.5. The summed E-state index contributed by atoms with van der Waals surface area (Å²) < 4.78 is 18.5. The molecule has 0 heterocycles. The van der Waals surface area contributed by atoms with E-state index < -0.39 is 17.8 Å². The Hall–Kier alpha value is -2.84. The van der Waals surface area contributed by atoms with Gasteiger partial charge in [-0.15, -0.1) is 0 Å².